The van der Waals surface area contributed by atoms with Gasteiger partial charge in [0.1, 0.15) is 0 Å². The van der Waals surface area contributed by atoms with Crippen LogP contribution in [0.15, 0.2) is 48.5 Å². The summed E-state index contributed by atoms with van der Waals surface area (Å²) in [5, 5.41) is 2.97. The minimum atomic E-state index is -0.0857. The lowest BCUT2D eigenvalue weighted by atomic mass is 10.1. The average Bonchev–Trinajstić information content (AvgIpc) is 3.06. The molecule has 0 atom stereocenters. The zero-order valence-corrected chi connectivity index (χ0v) is 14.6. The minimum Gasteiger partial charge on any atom is -0.352 e. The number of hydrogen-bond acceptors (Lipinski definition) is 2. The van der Waals surface area contributed by atoms with Gasteiger partial charge in [-0.15, -0.1) is 0 Å². The standard InChI is InChI=1S/C21H24N2O2/c1-16-9-11-17(12-10-16)5-3-13-22-21(25)18-6-2-7-19(15-18)23-14-4-8-20(23)24/h2,6-7,9-12,15H,3-5,8,13-14H2,1H3,(H,22,25). The number of hydrogen-bond donors (Lipinski definition) is 1. The monoisotopic (exact) mass is 336 g/mol. The number of carbonyl (C=O) groups is 2. The Labute approximate surface area is 148 Å². The molecule has 1 N–H and O–H groups in total. The molecule has 0 aromatic heterocycles. The lowest BCUT2D eigenvalue weighted by molar-refractivity contribution is -0.117. The van der Waals surface area contributed by atoms with E-state index in [1.807, 2.05) is 12.1 Å². The lowest BCUT2D eigenvalue weighted by Gasteiger charge is -2.16. The molecule has 4 nitrogen and oxygen atoms in total. The van der Waals surface area contributed by atoms with Gasteiger partial charge in [-0.1, -0.05) is 35.9 Å². The van der Waals surface area contributed by atoms with E-state index in [0.29, 0.717) is 18.5 Å². The predicted octanol–water partition coefficient (Wildman–Crippen LogP) is 3.48. The van der Waals surface area contributed by atoms with Crippen LogP contribution in [-0.4, -0.2) is 24.9 Å². The molecule has 1 aliphatic rings. The SMILES string of the molecule is Cc1ccc(CCCNC(=O)c2cccc(N3CCCC3=O)c2)cc1. The summed E-state index contributed by atoms with van der Waals surface area (Å²) in [6.45, 7) is 3.45. The number of benzene rings is 2. The topological polar surface area (TPSA) is 49.4 Å². The van der Waals surface area contributed by atoms with E-state index in [-0.39, 0.29) is 11.8 Å². The molecule has 0 saturated carbocycles. The van der Waals surface area contributed by atoms with Gasteiger partial charge in [0.2, 0.25) is 5.91 Å². The molecule has 2 aromatic carbocycles. The third-order valence-electron chi connectivity index (χ3n) is 4.54. The molecule has 4 heteroatoms. The zero-order valence-electron chi connectivity index (χ0n) is 14.6. The fraction of sp³-hybridized carbons (Fsp3) is 0.333. The number of aryl methyl sites for hydroxylation is 2. The van der Waals surface area contributed by atoms with Crippen molar-refractivity contribution in [1.29, 1.82) is 0 Å². The van der Waals surface area contributed by atoms with E-state index in [4.69, 9.17) is 0 Å². The molecule has 0 unspecified atom stereocenters. The van der Waals surface area contributed by atoms with Crippen LogP contribution in [0.5, 0.6) is 0 Å². The summed E-state index contributed by atoms with van der Waals surface area (Å²) in [5.74, 6) is 0.0491. The molecule has 1 fully saturated rings. The molecule has 2 amide bonds. The van der Waals surface area contributed by atoms with Crippen molar-refractivity contribution in [3.63, 3.8) is 0 Å². The first-order valence-corrected chi connectivity index (χ1v) is 8.88. The van der Waals surface area contributed by atoms with E-state index in [1.54, 1.807) is 17.0 Å². The normalized spacial score (nSPS) is 14.0. The van der Waals surface area contributed by atoms with E-state index < -0.39 is 0 Å². The number of rotatable bonds is 6. The van der Waals surface area contributed by atoms with Crippen LogP contribution in [0.3, 0.4) is 0 Å². The molecule has 1 aliphatic heterocycles. The van der Waals surface area contributed by atoms with Gasteiger partial charge in [-0.2, -0.15) is 0 Å². The van der Waals surface area contributed by atoms with Crippen molar-refractivity contribution in [2.24, 2.45) is 0 Å². The Morgan fingerprint density at radius 3 is 2.68 bits per heavy atom. The average molecular weight is 336 g/mol. The summed E-state index contributed by atoms with van der Waals surface area (Å²) in [5.41, 5.74) is 3.96. The fourth-order valence-electron chi connectivity index (χ4n) is 3.09. The van der Waals surface area contributed by atoms with Gasteiger partial charge in [-0.25, -0.2) is 0 Å². The van der Waals surface area contributed by atoms with Gasteiger partial charge < -0.3 is 10.2 Å². The Morgan fingerprint density at radius 2 is 1.96 bits per heavy atom. The second-order valence-corrected chi connectivity index (χ2v) is 6.54. The second-order valence-electron chi connectivity index (χ2n) is 6.54. The zero-order chi connectivity index (χ0) is 17.6. The quantitative estimate of drug-likeness (QED) is 0.821. The van der Waals surface area contributed by atoms with Crippen LogP contribution in [0, 0.1) is 6.92 Å². The molecule has 25 heavy (non-hydrogen) atoms. The van der Waals surface area contributed by atoms with Gasteiger partial charge in [-0.3, -0.25) is 9.59 Å². The number of nitrogens with one attached hydrogen (secondary N) is 1. The van der Waals surface area contributed by atoms with Crippen LogP contribution in [0.25, 0.3) is 0 Å². The predicted molar refractivity (Wildman–Crippen MR) is 99.9 cm³/mol. The molecule has 0 bridgehead atoms. The maximum Gasteiger partial charge on any atom is 0.251 e. The highest BCUT2D eigenvalue weighted by Gasteiger charge is 2.22. The van der Waals surface area contributed by atoms with E-state index in [9.17, 15) is 9.59 Å². The molecular formula is C21H24N2O2. The first-order chi connectivity index (χ1) is 12.1. The lowest BCUT2D eigenvalue weighted by Crippen LogP contribution is -2.26. The van der Waals surface area contributed by atoms with E-state index in [0.717, 1.165) is 31.5 Å². The molecular weight excluding hydrogens is 312 g/mol. The van der Waals surface area contributed by atoms with Crippen LogP contribution in [0.2, 0.25) is 0 Å². The van der Waals surface area contributed by atoms with E-state index in [2.05, 4.69) is 36.5 Å². The summed E-state index contributed by atoms with van der Waals surface area (Å²) < 4.78 is 0. The van der Waals surface area contributed by atoms with Crippen LogP contribution in [0.1, 0.15) is 40.7 Å². The maximum absolute atomic E-state index is 12.3. The molecule has 2 aromatic rings. The van der Waals surface area contributed by atoms with Crippen molar-refractivity contribution in [2.75, 3.05) is 18.0 Å². The minimum absolute atomic E-state index is 0.0857. The smallest absolute Gasteiger partial charge is 0.251 e. The third kappa shape index (κ3) is 4.47. The van der Waals surface area contributed by atoms with Gasteiger partial charge in [0, 0.05) is 30.8 Å². The molecule has 1 heterocycles. The third-order valence-corrected chi connectivity index (χ3v) is 4.54. The molecule has 0 aliphatic carbocycles. The van der Waals surface area contributed by atoms with Crippen LogP contribution in [0.4, 0.5) is 5.69 Å². The second kappa shape index (κ2) is 7.97. The van der Waals surface area contributed by atoms with Gasteiger partial charge >= 0.3 is 0 Å². The summed E-state index contributed by atoms with van der Waals surface area (Å²) in [4.78, 5) is 25.9. The van der Waals surface area contributed by atoms with Crippen molar-refractivity contribution >= 4 is 17.5 Å². The molecule has 0 radical (unpaired) electrons. The summed E-state index contributed by atoms with van der Waals surface area (Å²) in [6.07, 6.45) is 3.33. The summed E-state index contributed by atoms with van der Waals surface area (Å²) >= 11 is 0. The fourth-order valence-corrected chi connectivity index (χ4v) is 3.09. The molecule has 130 valence electrons. The Morgan fingerprint density at radius 1 is 1.16 bits per heavy atom. The largest absolute Gasteiger partial charge is 0.352 e. The van der Waals surface area contributed by atoms with Crippen molar-refractivity contribution in [2.45, 2.75) is 32.6 Å². The van der Waals surface area contributed by atoms with Crippen LogP contribution in [-0.2, 0) is 11.2 Å². The van der Waals surface area contributed by atoms with Crippen molar-refractivity contribution in [3.8, 4) is 0 Å². The van der Waals surface area contributed by atoms with Gasteiger partial charge in [0.05, 0.1) is 0 Å². The number of carbonyl (C=O) groups excluding carboxylic acids is 2. The van der Waals surface area contributed by atoms with Gasteiger partial charge in [0.15, 0.2) is 0 Å². The maximum atomic E-state index is 12.3. The molecule has 3 rings (SSSR count). The summed E-state index contributed by atoms with van der Waals surface area (Å²) in [6, 6.07) is 15.8. The van der Waals surface area contributed by atoms with Gasteiger partial charge in [0.25, 0.3) is 5.91 Å². The highest BCUT2D eigenvalue weighted by molar-refractivity contribution is 5.99. The molecule has 1 saturated heterocycles. The van der Waals surface area contributed by atoms with Crippen molar-refractivity contribution in [3.05, 3.63) is 65.2 Å². The highest BCUT2D eigenvalue weighted by Crippen LogP contribution is 2.22. The van der Waals surface area contributed by atoms with Crippen LogP contribution < -0.4 is 10.2 Å². The molecule has 0 spiro atoms. The van der Waals surface area contributed by atoms with E-state index in [1.165, 1.54) is 11.1 Å². The highest BCUT2D eigenvalue weighted by atomic mass is 16.2. The Hall–Kier alpha value is -2.62. The van der Waals surface area contributed by atoms with Crippen molar-refractivity contribution in [1.82, 2.24) is 5.32 Å². The summed E-state index contributed by atoms with van der Waals surface area (Å²) in [7, 11) is 0. The first kappa shape index (κ1) is 17.2. The Balaban J connectivity index is 1.51. The number of nitrogens with zero attached hydrogens (tertiary/aromatic N) is 1. The van der Waals surface area contributed by atoms with Crippen LogP contribution >= 0.6 is 0 Å². The Bertz CT molecular complexity index is 753. The van der Waals surface area contributed by atoms with Crippen molar-refractivity contribution < 1.29 is 9.59 Å². The number of anilines is 1. The van der Waals surface area contributed by atoms with Gasteiger partial charge in [-0.05, 0) is 49.9 Å². The number of amides is 2. The van der Waals surface area contributed by atoms with E-state index >= 15 is 0 Å². The first-order valence-electron chi connectivity index (χ1n) is 8.88. The Kier molecular flexibility index (Phi) is 5.49.